The number of esters is 1. The normalized spacial score (nSPS) is 13.2. The molecule has 0 radical (unpaired) electrons. The Balaban J connectivity index is 1.49. The van der Waals surface area contributed by atoms with Gasteiger partial charge in [0, 0.05) is 27.2 Å². The highest BCUT2D eigenvalue weighted by Gasteiger charge is 2.27. The predicted octanol–water partition coefficient (Wildman–Crippen LogP) is 6.39. The molecule has 7 nitrogen and oxygen atoms in total. The molecule has 188 valence electrons. The van der Waals surface area contributed by atoms with Crippen molar-refractivity contribution in [1.82, 2.24) is 14.8 Å². The van der Waals surface area contributed by atoms with Crippen molar-refractivity contribution < 1.29 is 14.3 Å². The van der Waals surface area contributed by atoms with Gasteiger partial charge in [-0.25, -0.2) is 4.79 Å². The average Bonchev–Trinajstić information content (AvgIpc) is 3.55. The summed E-state index contributed by atoms with van der Waals surface area (Å²) in [6.07, 6.45) is 4.90. The van der Waals surface area contributed by atoms with E-state index in [9.17, 15) is 9.59 Å². The van der Waals surface area contributed by atoms with Crippen LogP contribution in [0.3, 0.4) is 0 Å². The van der Waals surface area contributed by atoms with Crippen molar-refractivity contribution in [3.05, 3.63) is 32.3 Å². The second kappa shape index (κ2) is 11.7. The predicted molar refractivity (Wildman–Crippen MR) is 144 cm³/mol. The van der Waals surface area contributed by atoms with Crippen LogP contribution in [0.2, 0.25) is 0 Å². The van der Waals surface area contributed by atoms with Crippen molar-refractivity contribution in [2.75, 3.05) is 17.7 Å². The minimum Gasteiger partial charge on any atom is -0.462 e. The number of amides is 1. The third-order valence-corrected chi connectivity index (χ3v) is 9.25. The van der Waals surface area contributed by atoms with Gasteiger partial charge in [0.1, 0.15) is 5.00 Å². The lowest BCUT2D eigenvalue weighted by atomic mass is 9.95. The van der Waals surface area contributed by atoms with Crippen molar-refractivity contribution in [1.29, 1.82) is 0 Å². The molecule has 0 unspecified atom stereocenters. The van der Waals surface area contributed by atoms with Crippen molar-refractivity contribution in [2.45, 2.75) is 77.4 Å². The summed E-state index contributed by atoms with van der Waals surface area (Å²) >= 11 is 4.62. The topological polar surface area (TPSA) is 86.1 Å². The second-order valence-corrected chi connectivity index (χ2v) is 11.8. The van der Waals surface area contributed by atoms with Crippen LogP contribution in [0.4, 0.5) is 5.00 Å². The Kier molecular flexibility index (Phi) is 8.67. The summed E-state index contributed by atoms with van der Waals surface area (Å²) in [6, 6.07) is 2.18. The van der Waals surface area contributed by atoms with Gasteiger partial charge in [-0.05, 0) is 56.6 Å². The highest BCUT2D eigenvalue weighted by molar-refractivity contribution is 7.99. The summed E-state index contributed by atoms with van der Waals surface area (Å²) in [7, 11) is 0. The van der Waals surface area contributed by atoms with Crippen molar-refractivity contribution in [2.24, 2.45) is 0 Å². The van der Waals surface area contributed by atoms with Crippen LogP contribution >= 0.6 is 34.4 Å². The van der Waals surface area contributed by atoms with E-state index >= 15 is 0 Å². The van der Waals surface area contributed by atoms with Crippen LogP contribution in [0.5, 0.6) is 0 Å². The highest BCUT2D eigenvalue weighted by Crippen LogP contribution is 2.39. The lowest BCUT2D eigenvalue weighted by Crippen LogP contribution is -2.17. The van der Waals surface area contributed by atoms with Crippen LogP contribution in [0.15, 0.2) is 16.6 Å². The van der Waals surface area contributed by atoms with Crippen LogP contribution in [0, 0.1) is 0 Å². The summed E-state index contributed by atoms with van der Waals surface area (Å²) in [4.78, 5) is 28.1. The van der Waals surface area contributed by atoms with E-state index in [4.69, 9.17) is 4.74 Å². The summed E-state index contributed by atoms with van der Waals surface area (Å²) < 4.78 is 7.39. The Labute approximate surface area is 218 Å². The number of thiophene rings is 2. The van der Waals surface area contributed by atoms with Crippen LogP contribution in [0.1, 0.15) is 78.6 Å². The molecule has 3 aromatic heterocycles. The molecule has 0 fully saturated rings. The van der Waals surface area contributed by atoms with Gasteiger partial charge in [0.05, 0.1) is 17.9 Å². The van der Waals surface area contributed by atoms with Gasteiger partial charge in [-0.3, -0.25) is 4.79 Å². The van der Waals surface area contributed by atoms with E-state index < -0.39 is 0 Å². The molecule has 3 aromatic rings. The Hall–Kier alpha value is -2.17. The van der Waals surface area contributed by atoms with Gasteiger partial charge in [-0.15, -0.1) is 32.9 Å². The number of aryl methyl sites for hydroxylation is 1. The number of ether oxygens (including phenoxy) is 1. The zero-order valence-corrected chi connectivity index (χ0v) is 23.1. The van der Waals surface area contributed by atoms with Gasteiger partial charge in [0.15, 0.2) is 11.0 Å². The molecule has 1 N–H and O–H groups in total. The van der Waals surface area contributed by atoms with E-state index in [0.717, 1.165) is 60.8 Å². The summed E-state index contributed by atoms with van der Waals surface area (Å²) in [5, 5.41) is 15.3. The fourth-order valence-electron chi connectivity index (χ4n) is 4.17. The fourth-order valence-corrected chi connectivity index (χ4v) is 7.13. The number of nitrogens with zero attached hydrogens (tertiary/aromatic N) is 3. The molecule has 0 saturated carbocycles. The third kappa shape index (κ3) is 5.81. The van der Waals surface area contributed by atoms with E-state index in [1.807, 2.05) is 0 Å². The number of carbonyl (C=O) groups is 2. The summed E-state index contributed by atoms with van der Waals surface area (Å²) in [6.45, 7) is 9.38. The minimum atomic E-state index is -0.348. The molecule has 1 aliphatic carbocycles. The van der Waals surface area contributed by atoms with Crippen molar-refractivity contribution >= 4 is 51.3 Å². The molecule has 0 spiro atoms. The van der Waals surface area contributed by atoms with Gasteiger partial charge in [-0.2, -0.15) is 0 Å². The van der Waals surface area contributed by atoms with E-state index in [-0.39, 0.29) is 17.6 Å². The zero-order valence-electron chi connectivity index (χ0n) is 20.7. The number of thioether (sulfide) groups is 1. The molecule has 0 saturated heterocycles. The van der Waals surface area contributed by atoms with Crippen LogP contribution < -0.4 is 5.32 Å². The largest absolute Gasteiger partial charge is 0.462 e. The van der Waals surface area contributed by atoms with E-state index in [2.05, 4.69) is 52.3 Å². The monoisotopic (exact) mass is 532 g/mol. The molecule has 0 aromatic carbocycles. The number of nitrogens with one attached hydrogen (secondary N) is 1. The number of hydrogen-bond donors (Lipinski definition) is 1. The number of carbonyl (C=O) groups excluding carboxylic acids is 2. The second-order valence-electron chi connectivity index (χ2n) is 8.82. The standard InChI is InChI=1S/C25H32N4O3S3/c1-5-11-29-22(16-12-19(15(3)4)33-13-16)27-28-25(29)34-14-20(30)26-23-21(24(31)32-6-2)17-9-7-8-10-18(17)35-23/h12-13,15H,5-11,14H2,1-4H3,(H,26,30). The van der Waals surface area contributed by atoms with Crippen LogP contribution in [-0.2, 0) is 28.9 Å². The zero-order chi connectivity index (χ0) is 24.9. The van der Waals surface area contributed by atoms with Gasteiger partial charge < -0.3 is 14.6 Å². The van der Waals surface area contributed by atoms with Crippen LogP contribution in [-0.4, -0.2) is 39.0 Å². The van der Waals surface area contributed by atoms with E-state index in [1.165, 1.54) is 32.9 Å². The Morgan fingerprint density at radius 3 is 2.74 bits per heavy atom. The van der Waals surface area contributed by atoms with Gasteiger partial charge in [0.25, 0.3) is 0 Å². The molecule has 1 amide bonds. The molecular formula is C25H32N4O3S3. The first-order valence-electron chi connectivity index (χ1n) is 12.2. The van der Waals surface area contributed by atoms with Crippen molar-refractivity contribution in [3.8, 4) is 11.4 Å². The number of anilines is 1. The summed E-state index contributed by atoms with van der Waals surface area (Å²) in [5.74, 6) is 0.987. The third-order valence-electron chi connectivity index (χ3n) is 5.85. The molecule has 1 aliphatic rings. The SMILES string of the molecule is CCCn1c(SCC(=O)Nc2sc3c(c2C(=O)OCC)CCCC3)nnc1-c1csc(C(C)C)c1. The Morgan fingerprint density at radius 1 is 1.23 bits per heavy atom. The number of hydrogen-bond acceptors (Lipinski definition) is 8. The lowest BCUT2D eigenvalue weighted by molar-refractivity contribution is -0.113. The van der Waals surface area contributed by atoms with E-state index in [0.29, 0.717) is 23.1 Å². The molecular weight excluding hydrogens is 501 g/mol. The van der Waals surface area contributed by atoms with Gasteiger partial charge in [0.2, 0.25) is 5.91 Å². The first kappa shape index (κ1) is 25.9. The number of fused-ring (bicyclic) bond motifs is 1. The highest BCUT2D eigenvalue weighted by atomic mass is 32.2. The molecule has 3 heterocycles. The quantitative estimate of drug-likeness (QED) is 0.241. The molecule has 0 aliphatic heterocycles. The maximum Gasteiger partial charge on any atom is 0.341 e. The molecule has 0 atom stereocenters. The Morgan fingerprint density at radius 2 is 2.03 bits per heavy atom. The first-order valence-corrected chi connectivity index (χ1v) is 14.9. The molecule has 35 heavy (non-hydrogen) atoms. The maximum absolute atomic E-state index is 12.9. The van der Waals surface area contributed by atoms with Crippen LogP contribution in [0.25, 0.3) is 11.4 Å². The average molecular weight is 533 g/mol. The maximum atomic E-state index is 12.9. The molecule has 10 heteroatoms. The number of rotatable bonds is 10. The smallest absolute Gasteiger partial charge is 0.341 e. The minimum absolute atomic E-state index is 0.163. The molecule has 4 rings (SSSR count). The van der Waals surface area contributed by atoms with Crippen molar-refractivity contribution in [3.63, 3.8) is 0 Å². The van der Waals surface area contributed by atoms with Gasteiger partial charge >= 0.3 is 5.97 Å². The molecule has 0 bridgehead atoms. The van der Waals surface area contributed by atoms with Gasteiger partial charge in [-0.1, -0.05) is 32.5 Å². The Bertz CT molecular complexity index is 1190. The first-order chi connectivity index (χ1) is 16.9. The lowest BCUT2D eigenvalue weighted by Gasteiger charge is -2.12. The van der Waals surface area contributed by atoms with E-state index in [1.54, 1.807) is 18.3 Å². The summed E-state index contributed by atoms with van der Waals surface area (Å²) in [5.41, 5.74) is 2.66. The fraction of sp³-hybridized carbons (Fsp3) is 0.520. The number of aromatic nitrogens is 3.